The first-order valence-corrected chi connectivity index (χ1v) is 9.10. The highest BCUT2D eigenvalue weighted by Gasteiger charge is 2.39. The number of rotatable bonds is 6. The van der Waals surface area contributed by atoms with E-state index in [0.717, 1.165) is 6.20 Å². The van der Waals surface area contributed by atoms with E-state index in [9.17, 15) is 14.0 Å². The quantitative estimate of drug-likeness (QED) is 0.460. The molecule has 0 atom stereocenters. The van der Waals surface area contributed by atoms with Gasteiger partial charge in [0.05, 0.1) is 12.3 Å². The van der Waals surface area contributed by atoms with Gasteiger partial charge in [-0.1, -0.05) is 6.07 Å². The highest BCUT2D eigenvalue weighted by atomic mass is 32.1. The Labute approximate surface area is 159 Å². The van der Waals surface area contributed by atoms with E-state index in [2.05, 4.69) is 5.32 Å². The maximum absolute atomic E-state index is 13.6. The number of carbonyl (C=O) groups excluding carboxylic acids is 2. The van der Waals surface area contributed by atoms with E-state index in [1.54, 1.807) is 11.3 Å². The first kappa shape index (κ1) is 18.9. The van der Waals surface area contributed by atoms with E-state index in [1.165, 1.54) is 36.9 Å². The van der Waals surface area contributed by atoms with E-state index in [0.29, 0.717) is 18.8 Å². The summed E-state index contributed by atoms with van der Waals surface area (Å²) in [6.45, 7) is 3.31. The molecule has 0 amide bonds. The smallest absolute Gasteiger partial charge is 0.350 e. The second kappa shape index (κ2) is 7.79. The molecule has 0 bridgehead atoms. The molecular formula is C19H18FNO5S. The molecule has 8 heteroatoms. The fourth-order valence-electron chi connectivity index (χ4n) is 2.39. The molecule has 1 N–H and O–H groups in total. The van der Waals surface area contributed by atoms with Gasteiger partial charge in [-0.15, -0.1) is 11.3 Å². The van der Waals surface area contributed by atoms with Gasteiger partial charge in [0.1, 0.15) is 11.6 Å². The predicted octanol–water partition coefficient (Wildman–Crippen LogP) is 3.64. The van der Waals surface area contributed by atoms with Gasteiger partial charge in [-0.2, -0.15) is 0 Å². The minimum Gasteiger partial charge on any atom is -0.491 e. The fourth-order valence-corrected chi connectivity index (χ4v) is 3.08. The average molecular weight is 391 g/mol. The predicted molar refractivity (Wildman–Crippen MR) is 97.9 cm³/mol. The molecule has 1 aromatic heterocycles. The molecule has 0 unspecified atom stereocenters. The summed E-state index contributed by atoms with van der Waals surface area (Å²) in [4.78, 5) is 25.1. The highest BCUT2D eigenvalue weighted by molar-refractivity contribution is 7.09. The van der Waals surface area contributed by atoms with Crippen LogP contribution in [0.4, 0.5) is 10.1 Å². The monoisotopic (exact) mass is 391 g/mol. The third kappa shape index (κ3) is 4.85. The maximum atomic E-state index is 13.6. The molecule has 142 valence electrons. The van der Waals surface area contributed by atoms with Crippen molar-refractivity contribution in [2.75, 3.05) is 11.9 Å². The van der Waals surface area contributed by atoms with Gasteiger partial charge in [0.2, 0.25) is 0 Å². The molecule has 1 fully saturated rings. The van der Waals surface area contributed by atoms with Crippen LogP contribution < -0.4 is 10.1 Å². The number of esters is 2. The average Bonchev–Trinajstić information content (AvgIpc) is 3.08. The normalized spacial score (nSPS) is 15.7. The number of halogens is 1. The van der Waals surface area contributed by atoms with Crippen LogP contribution in [0.2, 0.25) is 0 Å². The largest absolute Gasteiger partial charge is 0.491 e. The number of hydrogen-bond acceptors (Lipinski definition) is 7. The second-order valence-electron chi connectivity index (χ2n) is 6.20. The van der Waals surface area contributed by atoms with Gasteiger partial charge in [-0.3, -0.25) is 0 Å². The highest BCUT2D eigenvalue weighted by Crippen LogP contribution is 2.27. The van der Waals surface area contributed by atoms with Gasteiger partial charge in [-0.05, 0) is 23.6 Å². The summed E-state index contributed by atoms with van der Waals surface area (Å²) in [7, 11) is 0. The summed E-state index contributed by atoms with van der Waals surface area (Å²) in [5.41, 5.74) is -0.0396. The van der Waals surface area contributed by atoms with Crippen molar-refractivity contribution >= 4 is 29.0 Å². The number of anilines is 1. The number of ether oxygens (including phenoxy) is 3. The minimum absolute atomic E-state index is 0.277. The first-order chi connectivity index (χ1) is 12.8. The van der Waals surface area contributed by atoms with E-state index in [4.69, 9.17) is 14.2 Å². The minimum atomic E-state index is -1.32. The molecule has 1 aliphatic heterocycles. The zero-order chi connectivity index (χ0) is 19.4. The van der Waals surface area contributed by atoms with Gasteiger partial charge in [0.25, 0.3) is 5.79 Å². The molecule has 6 nitrogen and oxygen atoms in total. The van der Waals surface area contributed by atoms with Crippen LogP contribution in [0.1, 0.15) is 18.7 Å². The topological polar surface area (TPSA) is 73.9 Å². The van der Waals surface area contributed by atoms with Crippen molar-refractivity contribution in [1.29, 1.82) is 0 Å². The van der Waals surface area contributed by atoms with Gasteiger partial charge in [-0.25, -0.2) is 14.0 Å². The van der Waals surface area contributed by atoms with Crippen molar-refractivity contribution in [3.63, 3.8) is 0 Å². The maximum Gasteiger partial charge on any atom is 0.350 e. The molecule has 27 heavy (non-hydrogen) atoms. The van der Waals surface area contributed by atoms with E-state index in [1.807, 2.05) is 17.5 Å². The van der Waals surface area contributed by atoms with E-state index in [-0.39, 0.29) is 11.3 Å². The number of nitrogens with one attached hydrogen (secondary N) is 1. The third-order valence-electron chi connectivity index (χ3n) is 3.62. The lowest BCUT2D eigenvalue weighted by molar-refractivity contribution is -0.222. The van der Waals surface area contributed by atoms with Crippen molar-refractivity contribution < 1.29 is 28.2 Å². The number of hydrogen-bond donors (Lipinski definition) is 1. The van der Waals surface area contributed by atoms with Crippen LogP contribution in [0.5, 0.6) is 5.75 Å². The Balaban J connectivity index is 1.71. The Bertz CT molecular complexity index is 854. The molecule has 1 aromatic carbocycles. The fraction of sp³-hybridized carbons (Fsp3) is 0.263. The van der Waals surface area contributed by atoms with Gasteiger partial charge < -0.3 is 19.5 Å². The van der Waals surface area contributed by atoms with E-state index < -0.39 is 23.5 Å². The summed E-state index contributed by atoms with van der Waals surface area (Å²) in [6, 6.07) is 7.92. The summed E-state index contributed by atoms with van der Waals surface area (Å²) < 4.78 is 29.3. The number of carbonyl (C=O) groups is 2. The van der Waals surface area contributed by atoms with Gasteiger partial charge in [0, 0.05) is 37.4 Å². The lowest BCUT2D eigenvalue weighted by Gasteiger charge is -2.29. The Hall–Kier alpha value is -2.87. The van der Waals surface area contributed by atoms with Crippen LogP contribution in [-0.4, -0.2) is 24.3 Å². The zero-order valence-electron chi connectivity index (χ0n) is 14.8. The molecule has 1 saturated heterocycles. The third-order valence-corrected chi connectivity index (χ3v) is 4.55. The molecule has 0 spiro atoms. The van der Waals surface area contributed by atoms with Gasteiger partial charge in [0.15, 0.2) is 5.57 Å². The van der Waals surface area contributed by atoms with Crippen molar-refractivity contribution in [2.45, 2.75) is 26.1 Å². The van der Waals surface area contributed by atoms with Crippen LogP contribution in [0.3, 0.4) is 0 Å². The number of benzene rings is 1. The summed E-state index contributed by atoms with van der Waals surface area (Å²) in [6.07, 6.45) is 1.84. The summed E-state index contributed by atoms with van der Waals surface area (Å²) >= 11 is 1.63. The van der Waals surface area contributed by atoms with Crippen molar-refractivity contribution in [1.82, 2.24) is 0 Å². The molecule has 3 rings (SSSR count). The lowest BCUT2D eigenvalue weighted by Crippen LogP contribution is -2.42. The second-order valence-corrected chi connectivity index (χ2v) is 7.23. The van der Waals surface area contributed by atoms with Crippen molar-refractivity contribution in [2.24, 2.45) is 0 Å². The molecular weight excluding hydrogens is 373 g/mol. The zero-order valence-corrected chi connectivity index (χ0v) is 15.6. The Morgan fingerprint density at radius 1 is 1.22 bits per heavy atom. The summed E-state index contributed by atoms with van der Waals surface area (Å²) in [5.74, 6) is -3.06. The molecule has 1 aliphatic rings. The molecule has 0 saturated carbocycles. The van der Waals surface area contributed by atoms with Crippen LogP contribution in [0.25, 0.3) is 0 Å². The van der Waals surface area contributed by atoms with E-state index >= 15 is 0 Å². The van der Waals surface area contributed by atoms with Crippen LogP contribution in [0, 0.1) is 5.82 Å². The first-order valence-electron chi connectivity index (χ1n) is 8.22. The van der Waals surface area contributed by atoms with Crippen LogP contribution >= 0.6 is 11.3 Å². The lowest BCUT2D eigenvalue weighted by atomic mass is 10.2. The molecule has 0 radical (unpaired) electrons. The van der Waals surface area contributed by atoms with Crippen molar-refractivity contribution in [3.05, 3.63) is 58.2 Å². The molecule has 2 heterocycles. The molecule has 2 aromatic rings. The Morgan fingerprint density at radius 2 is 1.96 bits per heavy atom. The molecule has 0 aliphatic carbocycles. The number of thiophene rings is 1. The standard InChI is InChI=1S/C19H18FNO5S/c1-19(2)25-17(22)14(18(23)26-19)11-21-15-10-12(20)5-6-16(15)24-8-7-13-4-3-9-27-13/h3-6,9-11,21H,7-8H2,1-2H3. The summed E-state index contributed by atoms with van der Waals surface area (Å²) in [5, 5.41) is 4.71. The SMILES string of the molecule is CC1(C)OC(=O)C(=CNc2cc(F)ccc2OCCc2cccs2)C(=O)O1. The Morgan fingerprint density at radius 3 is 2.63 bits per heavy atom. The van der Waals surface area contributed by atoms with Crippen molar-refractivity contribution in [3.8, 4) is 5.75 Å². The Kier molecular flexibility index (Phi) is 5.46. The van der Waals surface area contributed by atoms with Crippen LogP contribution in [-0.2, 0) is 25.5 Å². The van der Waals surface area contributed by atoms with Crippen LogP contribution in [0.15, 0.2) is 47.5 Å². The number of cyclic esters (lactones) is 2. The van der Waals surface area contributed by atoms with Gasteiger partial charge >= 0.3 is 11.9 Å².